The number of H-pyrrole nitrogens is 1. The number of rotatable bonds is 3. The monoisotopic (exact) mass is 432 g/mol. The summed E-state index contributed by atoms with van der Waals surface area (Å²) < 4.78 is 6.19. The Balaban J connectivity index is 1.84. The summed E-state index contributed by atoms with van der Waals surface area (Å²) in [5.41, 5.74) is 6.85. The van der Waals surface area contributed by atoms with E-state index in [9.17, 15) is 0 Å². The van der Waals surface area contributed by atoms with Gasteiger partial charge >= 0.3 is 0 Å². The predicted octanol–water partition coefficient (Wildman–Crippen LogP) is 8.08. The Morgan fingerprint density at radius 3 is 2.40 bits per heavy atom. The number of benzene rings is 3. The van der Waals surface area contributed by atoms with Gasteiger partial charge in [0.25, 0.3) is 0 Å². The second-order valence-electron chi connectivity index (χ2n) is 7.35. The first-order valence-electron chi connectivity index (χ1n) is 9.61. The molecule has 3 aromatic carbocycles. The van der Waals surface area contributed by atoms with Crippen molar-refractivity contribution in [2.75, 3.05) is 0 Å². The van der Waals surface area contributed by atoms with Crippen molar-refractivity contribution in [3.63, 3.8) is 0 Å². The highest BCUT2D eigenvalue weighted by molar-refractivity contribution is 6.31. The predicted molar refractivity (Wildman–Crippen MR) is 124 cm³/mol. The van der Waals surface area contributed by atoms with E-state index in [0.717, 1.165) is 44.7 Å². The molecule has 0 aliphatic rings. The summed E-state index contributed by atoms with van der Waals surface area (Å²) in [5, 5.41) is 2.44. The molecule has 148 valence electrons. The van der Waals surface area contributed by atoms with Gasteiger partial charge in [-0.1, -0.05) is 59.1 Å². The van der Waals surface area contributed by atoms with Crippen molar-refractivity contribution in [1.82, 2.24) is 9.97 Å². The number of aromatic nitrogens is 2. The van der Waals surface area contributed by atoms with Gasteiger partial charge in [-0.25, -0.2) is 4.98 Å². The molecular weight excluding hydrogens is 415 g/mol. The SMILES string of the molecule is Cc1ccc2[nH]c(-c3cccc(Cl)c3)c(-c3oc(C)nc3-c3ccc(Cl)cc3)c2c1. The number of aromatic amines is 1. The van der Waals surface area contributed by atoms with E-state index in [4.69, 9.17) is 32.6 Å². The second kappa shape index (κ2) is 7.35. The van der Waals surface area contributed by atoms with Crippen LogP contribution in [0.5, 0.6) is 0 Å². The Bertz CT molecular complexity index is 1380. The van der Waals surface area contributed by atoms with Crippen LogP contribution in [0.15, 0.2) is 71.1 Å². The molecule has 0 radical (unpaired) electrons. The Morgan fingerprint density at radius 1 is 0.833 bits per heavy atom. The molecule has 30 heavy (non-hydrogen) atoms. The smallest absolute Gasteiger partial charge is 0.192 e. The van der Waals surface area contributed by atoms with Gasteiger partial charge in [-0.05, 0) is 43.3 Å². The van der Waals surface area contributed by atoms with Crippen molar-refractivity contribution >= 4 is 34.1 Å². The van der Waals surface area contributed by atoms with Gasteiger partial charge in [-0.15, -0.1) is 0 Å². The fourth-order valence-corrected chi connectivity index (χ4v) is 4.12. The number of aryl methyl sites for hydroxylation is 2. The highest BCUT2D eigenvalue weighted by atomic mass is 35.5. The summed E-state index contributed by atoms with van der Waals surface area (Å²) in [4.78, 5) is 8.26. The van der Waals surface area contributed by atoms with E-state index in [2.05, 4.69) is 30.1 Å². The van der Waals surface area contributed by atoms with Gasteiger partial charge in [0, 0.05) is 39.0 Å². The third-order valence-electron chi connectivity index (χ3n) is 5.15. The minimum Gasteiger partial charge on any atom is -0.440 e. The van der Waals surface area contributed by atoms with Crippen LogP contribution in [0.25, 0.3) is 44.7 Å². The number of hydrogen-bond donors (Lipinski definition) is 1. The topological polar surface area (TPSA) is 41.8 Å². The van der Waals surface area contributed by atoms with Crippen molar-refractivity contribution in [3.05, 3.63) is 88.2 Å². The summed E-state index contributed by atoms with van der Waals surface area (Å²) in [7, 11) is 0. The van der Waals surface area contributed by atoms with Crippen LogP contribution in [-0.4, -0.2) is 9.97 Å². The molecule has 0 spiro atoms. The molecule has 0 bridgehead atoms. The van der Waals surface area contributed by atoms with Crippen LogP contribution >= 0.6 is 23.2 Å². The quantitative estimate of drug-likeness (QED) is 0.312. The van der Waals surface area contributed by atoms with Gasteiger partial charge in [-0.3, -0.25) is 0 Å². The zero-order valence-corrected chi connectivity index (χ0v) is 18.0. The van der Waals surface area contributed by atoms with Crippen LogP contribution in [0, 0.1) is 13.8 Å². The largest absolute Gasteiger partial charge is 0.440 e. The highest BCUT2D eigenvalue weighted by Gasteiger charge is 2.23. The Kier molecular flexibility index (Phi) is 4.65. The first kappa shape index (κ1) is 19.0. The van der Waals surface area contributed by atoms with Crippen LogP contribution in [0.3, 0.4) is 0 Å². The maximum absolute atomic E-state index is 6.30. The molecule has 3 nitrogen and oxygen atoms in total. The third-order valence-corrected chi connectivity index (χ3v) is 5.63. The molecule has 0 saturated heterocycles. The first-order valence-corrected chi connectivity index (χ1v) is 10.4. The average molecular weight is 433 g/mol. The first-order chi connectivity index (χ1) is 14.5. The second-order valence-corrected chi connectivity index (χ2v) is 8.22. The van der Waals surface area contributed by atoms with Crippen LogP contribution in [0.4, 0.5) is 0 Å². The molecule has 5 heteroatoms. The standard InChI is InChI=1S/C25H18Cl2N2O/c1-14-6-11-21-20(12-14)22(23(29-21)17-4-3-5-19(27)13-17)25-24(28-15(2)30-25)16-7-9-18(26)10-8-16/h3-13,29H,1-2H3. The molecule has 0 unspecified atom stereocenters. The number of halogens is 2. The maximum atomic E-state index is 6.30. The molecule has 0 fully saturated rings. The van der Waals surface area contributed by atoms with Crippen LogP contribution in [0.1, 0.15) is 11.5 Å². The van der Waals surface area contributed by atoms with Crippen LogP contribution < -0.4 is 0 Å². The summed E-state index contributed by atoms with van der Waals surface area (Å²) in [5.74, 6) is 1.33. The van der Waals surface area contributed by atoms with Gasteiger partial charge in [0.2, 0.25) is 0 Å². The Hall–Kier alpha value is -3.01. The van der Waals surface area contributed by atoms with E-state index < -0.39 is 0 Å². The van der Waals surface area contributed by atoms with E-state index in [1.807, 2.05) is 55.5 Å². The molecule has 0 saturated carbocycles. The molecule has 2 heterocycles. The lowest BCUT2D eigenvalue weighted by molar-refractivity contribution is 0.535. The van der Waals surface area contributed by atoms with Crippen molar-refractivity contribution in [2.45, 2.75) is 13.8 Å². The number of oxazole rings is 1. The fourth-order valence-electron chi connectivity index (χ4n) is 3.80. The molecule has 0 atom stereocenters. The molecule has 5 aromatic rings. The lowest BCUT2D eigenvalue weighted by Gasteiger charge is -2.06. The lowest BCUT2D eigenvalue weighted by Crippen LogP contribution is -1.86. The van der Waals surface area contributed by atoms with Gasteiger partial charge in [0.15, 0.2) is 11.7 Å². The molecular formula is C25H18Cl2N2O. The van der Waals surface area contributed by atoms with Crippen LogP contribution in [-0.2, 0) is 0 Å². The van der Waals surface area contributed by atoms with Crippen molar-refractivity contribution in [1.29, 1.82) is 0 Å². The molecule has 2 aromatic heterocycles. The normalized spacial score (nSPS) is 11.3. The van der Waals surface area contributed by atoms with Gasteiger partial charge < -0.3 is 9.40 Å². The summed E-state index contributed by atoms with van der Waals surface area (Å²) >= 11 is 12.4. The minimum atomic E-state index is 0.606. The number of fused-ring (bicyclic) bond motifs is 1. The molecule has 0 aliphatic carbocycles. The summed E-state index contributed by atoms with van der Waals surface area (Å²) in [6, 6.07) is 21.8. The van der Waals surface area contributed by atoms with Crippen molar-refractivity contribution in [3.8, 4) is 33.8 Å². The van der Waals surface area contributed by atoms with Gasteiger partial charge in [-0.2, -0.15) is 0 Å². The van der Waals surface area contributed by atoms with E-state index in [1.54, 1.807) is 0 Å². The number of hydrogen-bond acceptors (Lipinski definition) is 2. The average Bonchev–Trinajstić information content (AvgIpc) is 3.28. The lowest BCUT2D eigenvalue weighted by atomic mass is 9.99. The Morgan fingerprint density at radius 2 is 1.63 bits per heavy atom. The van der Waals surface area contributed by atoms with E-state index in [1.165, 1.54) is 5.56 Å². The minimum absolute atomic E-state index is 0.606. The van der Waals surface area contributed by atoms with E-state index >= 15 is 0 Å². The zero-order valence-electron chi connectivity index (χ0n) is 16.5. The molecule has 1 N–H and O–H groups in total. The molecule has 5 rings (SSSR count). The van der Waals surface area contributed by atoms with Crippen molar-refractivity contribution in [2.24, 2.45) is 0 Å². The van der Waals surface area contributed by atoms with Crippen LogP contribution in [0.2, 0.25) is 10.0 Å². The number of nitrogens with zero attached hydrogens (tertiary/aromatic N) is 1. The summed E-state index contributed by atoms with van der Waals surface area (Å²) in [6.07, 6.45) is 0. The van der Waals surface area contributed by atoms with E-state index in [-0.39, 0.29) is 0 Å². The van der Waals surface area contributed by atoms with E-state index in [0.29, 0.717) is 15.9 Å². The summed E-state index contributed by atoms with van der Waals surface area (Å²) in [6.45, 7) is 3.95. The van der Waals surface area contributed by atoms with Crippen molar-refractivity contribution < 1.29 is 4.42 Å². The van der Waals surface area contributed by atoms with Gasteiger partial charge in [0.05, 0.1) is 11.3 Å². The number of nitrogens with one attached hydrogen (secondary N) is 1. The third kappa shape index (κ3) is 3.30. The molecule has 0 amide bonds. The maximum Gasteiger partial charge on any atom is 0.192 e. The molecule has 0 aliphatic heterocycles. The Labute approximate surface area is 184 Å². The highest BCUT2D eigenvalue weighted by Crippen LogP contribution is 2.43. The van der Waals surface area contributed by atoms with Gasteiger partial charge in [0.1, 0.15) is 5.69 Å². The fraction of sp³-hybridized carbons (Fsp3) is 0.0800. The zero-order chi connectivity index (χ0) is 20.8.